The van der Waals surface area contributed by atoms with Gasteiger partial charge in [0, 0.05) is 12.3 Å². The zero-order chi connectivity index (χ0) is 19.5. The van der Waals surface area contributed by atoms with Gasteiger partial charge in [-0.05, 0) is 31.1 Å². The molecule has 0 aliphatic heterocycles. The van der Waals surface area contributed by atoms with E-state index in [1.54, 1.807) is 12.2 Å². The smallest absolute Gasteiger partial charge is 0.328 e. The van der Waals surface area contributed by atoms with Crippen molar-refractivity contribution < 1.29 is 19.1 Å². The topological polar surface area (TPSA) is 84.0 Å². The van der Waals surface area contributed by atoms with Crippen LogP contribution in [0.3, 0.4) is 0 Å². The molecule has 27 heavy (non-hydrogen) atoms. The molecule has 2 rings (SSSR count). The normalized spacial score (nSPS) is 16.2. The number of amides is 1. The lowest BCUT2D eigenvalue weighted by molar-refractivity contribution is -0.113. The van der Waals surface area contributed by atoms with Crippen LogP contribution in [0.2, 0.25) is 0 Å². The number of ether oxygens (including phenoxy) is 2. The van der Waals surface area contributed by atoms with Gasteiger partial charge in [0.25, 0.3) is 5.91 Å². The van der Waals surface area contributed by atoms with Crippen LogP contribution in [0.1, 0.15) is 39.5 Å². The fraction of sp³-hybridized carbons (Fsp3) is 0.429. The highest BCUT2D eigenvalue weighted by atomic mass is 16.5. The lowest BCUT2D eigenvalue weighted by Crippen LogP contribution is -2.30. The molecule has 1 aliphatic rings. The first kappa shape index (κ1) is 20.6. The fourth-order valence-corrected chi connectivity index (χ4v) is 2.54. The van der Waals surface area contributed by atoms with Gasteiger partial charge in [-0.25, -0.2) is 0 Å². The van der Waals surface area contributed by atoms with Crippen LogP contribution < -0.4 is 5.32 Å². The maximum atomic E-state index is 12.8. The second-order valence-corrected chi connectivity index (χ2v) is 6.28. The quantitative estimate of drug-likeness (QED) is 0.382. The molecule has 1 amide bonds. The van der Waals surface area contributed by atoms with Crippen molar-refractivity contribution in [2.75, 3.05) is 18.5 Å². The number of anilines is 1. The first-order valence-electron chi connectivity index (χ1n) is 9.46. The Morgan fingerprint density at radius 3 is 2.52 bits per heavy atom. The van der Waals surface area contributed by atoms with E-state index >= 15 is 0 Å². The van der Waals surface area contributed by atoms with Crippen molar-refractivity contribution in [3.63, 3.8) is 0 Å². The van der Waals surface area contributed by atoms with Gasteiger partial charge in [0.05, 0.1) is 18.3 Å². The lowest BCUT2D eigenvalue weighted by Gasteiger charge is -2.20. The van der Waals surface area contributed by atoms with Crippen LogP contribution in [0.15, 0.2) is 53.8 Å². The largest absolute Gasteiger partial charge is 0.492 e. The van der Waals surface area contributed by atoms with Gasteiger partial charge in [0.1, 0.15) is 5.76 Å². The van der Waals surface area contributed by atoms with E-state index in [-0.39, 0.29) is 5.91 Å². The predicted molar refractivity (Wildman–Crippen MR) is 105 cm³/mol. The van der Waals surface area contributed by atoms with Gasteiger partial charge in [-0.2, -0.15) is 4.79 Å². The van der Waals surface area contributed by atoms with Crippen LogP contribution in [0.4, 0.5) is 5.69 Å². The van der Waals surface area contributed by atoms with Crippen LogP contribution in [-0.2, 0) is 14.3 Å². The molecule has 1 aliphatic carbocycles. The zero-order valence-electron chi connectivity index (χ0n) is 16.0. The van der Waals surface area contributed by atoms with Crippen molar-refractivity contribution in [2.24, 2.45) is 0 Å². The number of hydrogen-bond acceptors (Lipinski definition) is 3. The summed E-state index contributed by atoms with van der Waals surface area (Å²) in [5.74, 6) is 0.102. The Balaban J connectivity index is 2.23. The number of nitrogens with zero attached hydrogens (tertiary/aromatic N) is 2. The van der Waals surface area contributed by atoms with Crippen molar-refractivity contribution in [1.82, 2.24) is 0 Å². The van der Waals surface area contributed by atoms with E-state index < -0.39 is 6.10 Å². The first-order chi connectivity index (χ1) is 13.2. The summed E-state index contributed by atoms with van der Waals surface area (Å²) in [5, 5.41) is 2.87. The molecule has 144 valence electrons. The van der Waals surface area contributed by atoms with Gasteiger partial charge >= 0.3 is 5.71 Å². The van der Waals surface area contributed by atoms with Gasteiger partial charge in [-0.3, -0.25) is 4.79 Å². The molecule has 6 heteroatoms. The minimum absolute atomic E-state index is 0.287. The molecule has 0 aromatic heterocycles. The maximum Gasteiger partial charge on any atom is 0.328 e. The summed E-state index contributed by atoms with van der Waals surface area (Å²) < 4.78 is 11.6. The minimum Gasteiger partial charge on any atom is -0.492 e. The van der Waals surface area contributed by atoms with Crippen LogP contribution in [0.25, 0.3) is 5.53 Å². The van der Waals surface area contributed by atoms with E-state index in [1.165, 1.54) is 0 Å². The molecular weight excluding hydrogens is 342 g/mol. The van der Waals surface area contributed by atoms with Gasteiger partial charge in [-0.1, -0.05) is 44.9 Å². The number of carbonyl (C=O) groups excluding carboxylic acids is 1. The molecule has 1 N–H and O–H groups in total. The van der Waals surface area contributed by atoms with Gasteiger partial charge in [0.15, 0.2) is 6.10 Å². The summed E-state index contributed by atoms with van der Waals surface area (Å²) in [4.78, 5) is 16.1. The molecule has 0 saturated heterocycles. The third kappa shape index (κ3) is 6.20. The van der Waals surface area contributed by atoms with Crippen molar-refractivity contribution in [2.45, 2.75) is 45.6 Å². The zero-order valence-corrected chi connectivity index (χ0v) is 16.0. The van der Waals surface area contributed by atoms with E-state index in [0.29, 0.717) is 35.9 Å². The van der Waals surface area contributed by atoms with Crippen LogP contribution in [-0.4, -0.2) is 35.7 Å². The molecule has 6 nitrogen and oxygen atoms in total. The number of benzene rings is 1. The van der Waals surface area contributed by atoms with E-state index in [1.807, 2.05) is 30.3 Å². The number of nitrogens with one attached hydrogen (secondary N) is 1. The highest BCUT2D eigenvalue weighted by Crippen LogP contribution is 2.23. The Bertz CT molecular complexity index is 734. The number of rotatable bonds is 10. The number of unbranched alkanes of at least 4 members (excludes halogenated alkanes) is 2. The number of para-hydroxylation sites is 1. The summed E-state index contributed by atoms with van der Waals surface area (Å²) in [5.41, 5.74) is 10.7. The fourth-order valence-electron chi connectivity index (χ4n) is 2.54. The van der Waals surface area contributed by atoms with E-state index in [2.05, 4.69) is 24.0 Å². The average molecular weight is 369 g/mol. The minimum atomic E-state index is -0.586. The second-order valence-electron chi connectivity index (χ2n) is 6.28. The molecule has 1 aromatic carbocycles. The van der Waals surface area contributed by atoms with E-state index in [0.717, 1.165) is 25.7 Å². The van der Waals surface area contributed by atoms with Crippen molar-refractivity contribution in [3.05, 3.63) is 59.3 Å². The van der Waals surface area contributed by atoms with Gasteiger partial charge in [-0.15, -0.1) is 0 Å². The molecular formula is C21H27N3O3. The summed E-state index contributed by atoms with van der Waals surface area (Å²) in [6.45, 7) is 5.14. The summed E-state index contributed by atoms with van der Waals surface area (Å²) in [6.07, 6.45) is 6.37. The third-order valence-electron chi connectivity index (χ3n) is 4.10. The predicted octanol–water partition coefficient (Wildman–Crippen LogP) is 4.12. The van der Waals surface area contributed by atoms with Crippen molar-refractivity contribution in [3.8, 4) is 0 Å². The number of carbonyl (C=O) groups is 1. The summed E-state index contributed by atoms with van der Waals surface area (Å²) in [6, 6.07) is 9.23. The van der Waals surface area contributed by atoms with Crippen molar-refractivity contribution >= 4 is 17.3 Å². The molecule has 1 unspecified atom stereocenters. The van der Waals surface area contributed by atoms with E-state index in [4.69, 9.17) is 9.47 Å². The molecule has 1 aromatic rings. The Labute approximate surface area is 160 Å². The highest BCUT2D eigenvalue weighted by molar-refractivity contribution is 6.10. The summed E-state index contributed by atoms with van der Waals surface area (Å²) >= 11 is 0. The van der Waals surface area contributed by atoms with Crippen LogP contribution in [0.5, 0.6) is 0 Å². The van der Waals surface area contributed by atoms with Crippen LogP contribution in [0, 0.1) is 0 Å². The molecule has 0 spiro atoms. The van der Waals surface area contributed by atoms with Gasteiger partial charge < -0.3 is 20.3 Å². The van der Waals surface area contributed by atoms with Crippen LogP contribution >= 0.6 is 0 Å². The van der Waals surface area contributed by atoms with E-state index in [9.17, 15) is 10.3 Å². The summed E-state index contributed by atoms with van der Waals surface area (Å²) in [7, 11) is 0. The molecule has 0 fully saturated rings. The Morgan fingerprint density at radius 2 is 1.85 bits per heavy atom. The second kappa shape index (κ2) is 11.1. The molecule has 0 heterocycles. The average Bonchev–Trinajstić information content (AvgIpc) is 2.69. The van der Waals surface area contributed by atoms with Crippen molar-refractivity contribution in [1.29, 1.82) is 0 Å². The highest BCUT2D eigenvalue weighted by Gasteiger charge is 2.31. The molecule has 0 saturated carbocycles. The number of hydrogen-bond donors (Lipinski definition) is 1. The van der Waals surface area contributed by atoms with Gasteiger partial charge in [0.2, 0.25) is 0 Å². The molecule has 0 bridgehead atoms. The maximum absolute atomic E-state index is 12.8. The SMILES string of the molecule is CCCCOC1=CC(=[N+]=[N-])C(OCCCC)C=C1C(=O)Nc1ccccc1. The standard InChI is InChI=1S/C21H27N3O3/c1-3-5-12-26-19-15-18(24-22)20(27-13-6-4-2)14-17(19)21(25)23-16-10-8-7-9-11-16/h7-11,14-15,20H,3-6,12-13H2,1-2H3,(H,23,25). The lowest BCUT2D eigenvalue weighted by atomic mass is 10.00. The third-order valence-corrected chi connectivity index (χ3v) is 4.10. The monoisotopic (exact) mass is 369 g/mol. The molecule has 0 radical (unpaired) electrons. The Morgan fingerprint density at radius 1 is 1.15 bits per heavy atom. The first-order valence-corrected chi connectivity index (χ1v) is 9.46. The Hall–Kier alpha value is -2.69. The Kier molecular flexibility index (Phi) is 8.49. The molecule has 1 atom stereocenters.